The van der Waals surface area contributed by atoms with Gasteiger partial charge in [0.25, 0.3) is 0 Å². The van der Waals surface area contributed by atoms with Gasteiger partial charge in [0, 0.05) is 0 Å². The predicted octanol–water partition coefficient (Wildman–Crippen LogP) is 3.35. The first-order valence-corrected chi connectivity index (χ1v) is 5.86. The van der Waals surface area contributed by atoms with E-state index in [-0.39, 0.29) is 11.3 Å². The number of hydrogen-bond acceptors (Lipinski definition) is 3. The number of benzene rings is 2. The van der Waals surface area contributed by atoms with E-state index in [9.17, 15) is 9.90 Å². The second kappa shape index (κ2) is 5.87. The number of rotatable bonds is 3. The van der Waals surface area contributed by atoms with Crippen molar-refractivity contribution in [2.75, 3.05) is 7.11 Å². The molecule has 0 radical (unpaired) electrons. The molecule has 3 nitrogen and oxygen atoms in total. The van der Waals surface area contributed by atoms with Crippen molar-refractivity contribution in [1.82, 2.24) is 0 Å². The normalized spacial score (nSPS) is 10.6. The Hall–Kier alpha value is -2.55. The molecule has 0 aromatic heterocycles. The molecular weight excluding hydrogens is 240 g/mol. The molecule has 0 amide bonds. The highest BCUT2D eigenvalue weighted by molar-refractivity contribution is 5.97. The summed E-state index contributed by atoms with van der Waals surface area (Å²) in [5.74, 6) is -0.632. The van der Waals surface area contributed by atoms with E-state index in [0.29, 0.717) is 5.56 Å². The van der Waals surface area contributed by atoms with Gasteiger partial charge in [-0.25, -0.2) is 4.79 Å². The average Bonchev–Trinajstić information content (AvgIpc) is 2.45. The van der Waals surface area contributed by atoms with Crippen LogP contribution in [-0.2, 0) is 4.74 Å². The van der Waals surface area contributed by atoms with Crippen molar-refractivity contribution >= 4 is 18.1 Å². The van der Waals surface area contributed by atoms with Crippen LogP contribution in [-0.4, -0.2) is 18.2 Å². The number of phenols is 1. The minimum absolute atomic E-state index is 0.0814. The van der Waals surface area contributed by atoms with Gasteiger partial charge in [0.15, 0.2) is 0 Å². The Morgan fingerprint density at radius 1 is 1.05 bits per heavy atom. The Morgan fingerprint density at radius 2 is 1.79 bits per heavy atom. The Morgan fingerprint density at radius 3 is 2.47 bits per heavy atom. The molecule has 0 saturated heterocycles. The van der Waals surface area contributed by atoms with Crippen molar-refractivity contribution in [3.63, 3.8) is 0 Å². The first kappa shape index (κ1) is 12.9. The highest BCUT2D eigenvalue weighted by Crippen LogP contribution is 2.23. The van der Waals surface area contributed by atoms with E-state index >= 15 is 0 Å². The standard InChI is InChI=1S/C16H14O3/c1-19-16(18)15-13(8-5-9-14(15)17)11-10-12-6-3-2-4-7-12/h2-11,17H,1H3/b11-10+. The zero-order valence-electron chi connectivity index (χ0n) is 10.5. The molecule has 3 heteroatoms. The molecule has 0 saturated carbocycles. The summed E-state index contributed by atoms with van der Waals surface area (Å²) in [6.07, 6.45) is 3.66. The molecule has 0 atom stereocenters. The number of aromatic hydroxyl groups is 1. The SMILES string of the molecule is COC(=O)c1c(O)cccc1/C=C/c1ccccc1. The van der Waals surface area contributed by atoms with E-state index in [1.165, 1.54) is 13.2 Å². The number of ether oxygens (including phenoxy) is 1. The van der Waals surface area contributed by atoms with Gasteiger partial charge in [-0.1, -0.05) is 54.6 Å². The highest BCUT2D eigenvalue weighted by atomic mass is 16.5. The first-order valence-electron chi connectivity index (χ1n) is 5.86. The third kappa shape index (κ3) is 3.01. The van der Waals surface area contributed by atoms with Crippen LogP contribution in [0.5, 0.6) is 5.75 Å². The minimum Gasteiger partial charge on any atom is -0.507 e. The zero-order valence-corrected chi connectivity index (χ0v) is 10.5. The zero-order chi connectivity index (χ0) is 13.7. The van der Waals surface area contributed by atoms with Crippen LogP contribution in [0, 0.1) is 0 Å². The molecule has 2 rings (SSSR count). The molecule has 0 spiro atoms. The predicted molar refractivity (Wildman–Crippen MR) is 74.8 cm³/mol. The van der Waals surface area contributed by atoms with E-state index < -0.39 is 5.97 Å². The number of carbonyl (C=O) groups is 1. The molecule has 2 aromatic rings. The summed E-state index contributed by atoms with van der Waals surface area (Å²) < 4.78 is 4.68. The minimum atomic E-state index is -0.550. The molecular formula is C16H14O3. The Balaban J connectivity index is 2.38. The number of hydrogen-bond donors (Lipinski definition) is 1. The molecule has 1 N–H and O–H groups in total. The summed E-state index contributed by atoms with van der Waals surface area (Å²) in [6.45, 7) is 0. The van der Waals surface area contributed by atoms with E-state index in [1.807, 2.05) is 36.4 Å². The van der Waals surface area contributed by atoms with Crippen molar-refractivity contribution in [3.05, 3.63) is 65.2 Å². The lowest BCUT2D eigenvalue weighted by Gasteiger charge is -2.06. The summed E-state index contributed by atoms with van der Waals surface area (Å²) in [7, 11) is 1.29. The third-order valence-corrected chi connectivity index (χ3v) is 2.72. The summed E-state index contributed by atoms with van der Waals surface area (Å²) in [5, 5.41) is 9.76. The smallest absolute Gasteiger partial charge is 0.342 e. The van der Waals surface area contributed by atoms with E-state index in [0.717, 1.165) is 5.56 Å². The molecule has 0 bridgehead atoms. The topological polar surface area (TPSA) is 46.5 Å². The van der Waals surface area contributed by atoms with Gasteiger partial charge in [-0.2, -0.15) is 0 Å². The maximum atomic E-state index is 11.7. The fourth-order valence-electron chi connectivity index (χ4n) is 1.77. The molecule has 0 aliphatic carbocycles. The lowest BCUT2D eigenvalue weighted by atomic mass is 10.0. The summed E-state index contributed by atoms with van der Waals surface area (Å²) in [4.78, 5) is 11.7. The van der Waals surface area contributed by atoms with Crippen LogP contribution >= 0.6 is 0 Å². The van der Waals surface area contributed by atoms with Gasteiger partial charge in [0.2, 0.25) is 0 Å². The van der Waals surface area contributed by atoms with Gasteiger partial charge >= 0.3 is 5.97 Å². The maximum Gasteiger partial charge on any atom is 0.342 e. The lowest BCUT2D eigenvalue weighted by molar-refractivity contribution is 0.0597. The van der Waals surface area contributed by atoms with Crippen LogP contribution < -0.4 is 0 Å². The molecule has 0 heterocycles. The fraction of sp³-hybridized carbons (Fsp3) is 0.0625. The van der Waals surface area contributed by atoms with Crippen LogP contribution in [0.1, 0.15) is 21.5 Å². The number of esters is 1. The molecule has 0 unspecified atom stereocenters. The van der Waals surface area contributed by atoms with Gasteiger partial charge in [-0.15, -0.1) is 0 Å². The summed E-state index contributed by atoms with van der Waals surface area (Å²) >= 11 is 0. The van der Waals surface area contributed by atoms with Crippen LogP contribution in [0.2, 0.25) is 0 Å². The maximum absolute atomic E-state index is 11.7. The number of carbonyl (C=O) groups excluding carboxylic acids is 1. The van der Waals surface area contributed by atoms with Crippen LogP contribution in [0.3, 0.4) is 0 Å². The number of phenolic OH excluding ortho intramolecular Hbond substituents is 1. The van der Waals surface area contributed by atoms with Crippen LogP contribution in [0.15, 0.2) is 48.5 Å². The first-order chi connectivity index (χ1) is 9.22. The van der Waals surface area contributed by atoms with Gasteiger partial charge in [0.1, 0.15) is 11.3 Å². The van der Waals surface area contributed by atoms with Crippen LogP contribution in [0.25, 0.3) is 12.2 Å². The van der Waals surface area contributed by atoms with Gasteiger partial charge in [0.05, 0.1) is 7.11 Å². The molecule has 96 valence electrons. The number of methoxy groups -OCH3 is 1. The quantitative estimate of drug-likeness (QED) is 0.675. The molecule has 0 aliphatic rings. The molecule has 2 aromatic carbocycles. The van der Waals surface area contributed by atoms with Gasteiger partial charge in [-0.05, 0) is 17.2 Å². The van der Waals surface area contributed by atoms with Crippen molar-refractivity contribution in [3.8, 4) is 5.75 Å². The van der Waals surface area contributed by atoms with Crippen molar-refractivity contribution < 1.29 is 14.6 Å². The van der Waals surface area contributed by atoms with Crippen molar-refractivity contribution in [2.45, 2.75) is 0 Å². The third-order valence-electron chi connectivity index (χ3n) is 2.72. The monoisotopic (exact) mass is 254 g/mol. The van der Waals surface area contributed by atoms with Gasteiger partial charge < -0.3 is 9.84 Å². The molecule has 0 aliphatic heterocycles. The van der Waals surface area contributed by atoms with E-state index in [2.05, 4.69) is 4.74 Å². The van der Waals surface area contributed by atoms with Crippen molar-refractivity contribution in [1.29, 1.82) is 0 Å². The van der Waals surface area contributed by atoms with Crippen LogP contribution in [0.4, 0.5) is 0 Å². The van der Waals surface area contributed by atoms with E-state index in [1.54, 1.807) is 18.2 Å². The molecule has 19 heavy (non-hydrogen) atoms. The summed E-state index contributed by atoms with van der Waals surface area (Å²) in [6, 6.07) is 14.6. The van der Waals surface area contributed by atoms with E-state index in [4.69, 9.17) is 0 Å². The fourth-order valence-corrected chi connectivity index (χ4v) is 1.77. The Bertz CT molecular complexity index is 601. The highest BCUT2D eigenvalue weighted by Gasteiger charge is 2.14. The Kier molecular flexibility index (Phi) is 3.98. The second-order valence-electron chi connectivity index (χ2n) is 3.98. The summed E-state index contributed by atoms with van der Waals surface area (Å²) in [5.41, 5.74) is 1.81. The van der Waals surface area contributed by atoms with Crippen molar-refractivity contribution in [2.24, 2.45) is 0 Å². The average molecular weight is 254 g/mol. The lowest BCUT2D eigenvalue weighted by Crippen LogP contribution is -2.03. The molecule has 0 fully saturated rings. The second-order valence-corrected chi connectivity index (χ2v) is 3.98. The Labute approximate surface area is 111 Å². The van der Waals surface area contributed by atoms with Gasteiger partial charge in [-0.3, -0.25) is 0 Å². The largest absolute Gasteiger partial charge is 0.507 e.